The minimum absolute atomic E-state index is 0.310. The molecule has 0 saturated carbocycles. The maximum absolute atomic E-state index is 12.3. The highest BCUT2D eigenvalue weighted by molar-refractivity contribution is 5.80. The normalized spacial score (nSPS) is 14.5. The van der Waals surface area contributed by atoms with E-state index >= 15 is 0 Å². The summed E-state index contributed by atoms with van der Waals surface area (Å²) in [7, 11) is 3.52. The van der Waals surface area contributed by atoms with Crippen molar-refractivity contribution in [2.24, 2.45) is 13.0 Å². The Morgan fingerprint density at radius 3 is 2.62 bits per heavy atom. The molecule has 2 atom stereocenters. The molecule has 1 heterocycles. The van der Waals surface area contributed by atoms with Crippen LogP contribution in [-0.4, -0.2) is 33.2 Å². The van der Waals surface area contributed by atoms with Gasteiger partial charge in [0.1, 0.15) is 11.3 Å². The predicted molar refractivity (Wildman–Crippen MR) is 142 cm³/mol. The van der Waals surface area contributed by atoms with Gasteiger partial charge in [-0.05, 0) is 83.3 Å². The van der Waals surface area contributed by atoms with Crippen LogP contribution in [-0.2, 0) is 42.6 Å². The number of fused-ring (bicyclic) bond motifs is 2. The van der Waals surface area contributed by atoms with Gasteiger partial charge in [0.15, 0.2) is 0 Å². The summed E-state index contributed by atoms with van der Waals surface area (Å²) in [5.74, 6) is -0.917. The molecule has 0 spiro atoms. The Morgan fingerprint density at radius 2 is 1.89 bits per heavy atom. The Labute approximate surface area is 217 Å². The molecule has 2 unspecified atom stereocenters. The fourth-order valence-corrected chi connectivity index (χ4v) is 5.60. The summed E-state index contributed by atoms with van der Waals surface area (Å²) in [5, 5.41) is 18.6. The lowest BCUT2D eigenvalue weighted by Gasteiger charge is -2.26. The molecule has 0 aliphatic heterocycles. The number of carboxylic acids is 1. The standard InChI is InChI=1S/C30H33N3O4/c1-18-25(12-13-27-29(18)31-32-33(27)3)28(19(2)30(34)35)22-14-21-6-5-7-26(21)23(15-22)17-37-16-20-8-10-24(36-4)11-9-20/h8-15,19,28H,5-7,16-17H2,1-4H3,(H,34,35). The van der Waals surface area contributed by atoms with Gasteiger partial charge in [-0.15, -0.1) is 5.10 Å². The van der Waals surface area contributed by atoms with Crippen LogP contribution in [0.2, 0.25) is 0 Å². The van der Waals surface area contributed by atoms with E-state index in [1.54, 1.807) is 18.7 Å². The molecule has 1 aliphatic carbocycles. The van der Waals surface area contributed by atoms with Crippen LogP contribution in [0.1, 0.15) is 58.2 Å². The number of benzene rings is 3. The average Bonchev–Trinajstić information content (AvgIpc) is 3.53. The lowest BCUT2D eigenvalue weighted by atomic mass is 9.78. The first kappa shape index (κ1) is 25.0. The zero-order valence-corrected chi connectivity index (χ0v) is 21.8. The van der Waals surface area contributed by atoms with Crippen molar-refractivity contribution in [1.82, 2.24) is 15.0 Å². The third-order valence-corrected chi connectivity index (χ3v) is 7.68. The van der Waals surface area contributed by atoms with E-state index < -0.39 is 11.9 Å². The maximum Gasteiger partial charge on any atom is 0.307 e. The molecule has 0 fully saturated rings. The summed E-state index contributed by atoms with van der Waals surface area (Å²) < 4.78 is 13.1. The Balaban J connectivity index is 1.50. The maximum atomic E-state index is 12.3. The van der Waals surface area contributed by atoms with Crippen LogP contribution in [0.4, 0.5) is 0 Å². The summed E-state index contributed by atoms with van der Waals surface area (Å²) >= 11 is 0. The number of aliphatic carboxylic acids is 1. The van der Waals surface area contributed by atoms with Crippen LogP contribution >= 0.6 is 0 Å². The number of carbonyl (C=O) groups is 1. The van der Waals surface area contributed by atoms with Crippen molar-refractivity contribution in [1.29, 1.82) is 0 Å². The Kier molecular flexibility index (Phi) is 6.98. The lowest BCUT2D eigenvalue weighted by Crippen LogP contribution is -2.21. The van der Waals surface area contributed by atoms with Gasteiger partial charge < -0.3 is 14.6 Å². The second kappa shape index (κ2) is 10.3. The highest BCUT2D eigenvalue weighted by atomic mass is 16.5. The molecule has 3 aromatic carbocycles. The number of carboxylic acid groups (broad SMARTS) is 1. The minimum Gasteiger partial charge on any atom is -0.497 e. The van der Waals surface area contributed by atoms with Gasteiger partial charge in [0.25, 0.3) is 0 Å². The molecular weight excluding hydrogens is 466 g/mol. The fourth-order valence-electron chi connectivity index (χ4n) is 5.60. The van der Waals surface area contributed by atoms with Crippen molar-refractivity contribution >= 4 is 17.0 Å². The van der Waals surface area contributed by atoms with Crippen molar-refractivity contribution in [2.75, 3.05) is 7.11 Å². The van der Waals surface area contributed by atoms with Crippen molar-refractivity contribution < 1.29 is 19.4 Å². The van der Waals surface area contributed by atoms with Gasteiger partial charge in [0, 0.05) is 13.0 Å². The van der Waals surface area contributed by atoms with E-state index in [9.17, 15) is 9.90 Å². The van der Waals surface area contributed by atoms with Gasteiger partial charge in [-0.25, -0.2) is 4.68 Å². The van der Waals surface area contributed by atoms with E-state index in [-0.39, 0.29) is 5.92 Å². The van der Waals surface area contributed by atoms with Gasteiger partial charge in [-0.1, -0.05) is 42.5 Å². The number of rotatable bonds is 9. The van der Waals surface area contributed by atoms with E-state index in [1.165, 1.54) is 11.1 Å². The van der Waals surface area contributed by atoms with Gasteiger partial charge in [0.05, 0.1) is 31.8 Å². The molecular formula is C30H33N3O4. The molecule has 1 aliphatic rings. The molecule has 37 heavy (non-hydrogen) atoms. The van der Waals surface area contributed by atoms with Crippen LogP contribution in [0.5, 0.6) is 5.75 Å². The summed E-state index contributed by atoms with van der Waals surface area (Å²) in [6, 6.07) is 16.3. The Bertz CT molecular complexity index is 1440. The zero-order chi connectivity index (χ0) is 26.1. The molecule has 7 heteroatoms. The third kappa shape index (κ3) is 4.83. The van der Waals surface area contributed by atoms with E-state index in [4.69, 9.17) is 9.47 Å². The van der Waals surface area contributed by atoms with Crippen LogP contribution < -0.4 is 4.74 Å². The number of ether oxygens (including phenoxy) is 2. The molecule has 1 aromatic heterocycles. The molecule has 0 radical (unpaired) electrons. The van der Waals surface area contributed by atoms with Crippen molar-refractivity contribution in [3.63, 3.8) is 0 Å². The molecule has 4 aromatic rings. The molecule has 0 bridgehead atoms. The summed E-state index contributed by atoms with van der Waals surface area (Å²) in [4.78, 5) is 12.3. The molecule has 0 amide bonds. The quantitative estimate of drug-likeness (QED) is 0.334. The summed E-state index contributed by atoms with van der Waals surface area (Å²) in [5.41, 5.74) is 9.61. The van der Waals surface area contributed by atoms with Crippen molar-refractivity contribution in [3.05, 3.63) is 87.5 Å². The van der Waals surface area contributed by atoms with Crippen molar-refractivity contribution in [3.8, 4) is 5.75 Å². The number of aromatic nitrogens is 3. The first-order valence-electron chi connectivity index (χ1n) is 12.7. The summed E-state index contributed by atoms with van der Waals surface area (Å²) in [6.45, 7) is 4.79. The Hall–Kier alpha value is -3.71. The zero-order valence-electron chi connectivity index (χ0n) is 21.8. The van der Waals surface area contributed by atoms with Gasteiger partial charge >= 0.3 is 5.97 Å². The summed E-state index contributed by atoms with van der Waals surface area (Å²) in [6.07, 6.45) is 3.14. The van der Waals surface area contributed by atoms with Crippen LogP contribution in [0, 0.1) is 12.8 Å². The van der Waals surface area contributed by atoms with Crippen molar-refractivity contribution in [2.45, 2.75) is 52.2 Å². The first-order chi connectivity index (χ1) is 17.9. The average molecular weight is 500 g/mol. The fraction of sp³-hybridized carbons (Fsp3) is 0.367. The topological polar surface area (TPSA) is 86.5 Å². The van der Waals surface area contributed by atoms with Crippen LogP contribution in [0.25, 0.3) is 11.0 Å². The second-order valence-electron chi connectivity index (χ2n) is 9.98. The smallest absolute Gasteiger partial charge is 0.307 e. The van der Waals surface area contributed by atoms with E-state index in [0.29, 0.717) is 13.2 Å². The van der Waals surface area contributed by atoms with Crippen LogP contribution in [0.3, 0.4) is 0 Å². The highest BCUT2D eigenvalue weighted by Gasteiger charge is 2.31. The predicted octanol–water partition coefficient (Wildman–Crippen LogP) is 5.34. The minimum atomic E-state index is -0.818. The largest absolute Gasteiger partial charge is 0.497 e. The molecule has 0 saturated heterocycles. The first-order valence-corrected chi connectivity index (χ1v) is 12.7. The number of methoxy groups -OCH3 is 1. The second-order valence-corrected chi connectivity index (χ2v) is 9.98. The number of nitrogens with zero attached hydrogens (tertiary/aromatic N) is 3. The SMILES string of the molecule is COc1ccc(COCc2cc(C(c3ccc4c(nnn4C)c3C)C(C)C(=O)O)cc3c2CCC3)cc1. The van der Waals surface area contributed by atoms with Crippen LogP contribution in [0.15, 0.2) is 48.5 Å². The Morgan fingerprint density at radius 1 is 1.11 bits per heavy atom. The van der Waals surface area contributed by atoms with E-state index in [0.717, 1.165) is 63.9 Å². The highest BCUT2D eigenvalue weighted by Crippen LogP contribution is 2.39. The van der Waals surface area contributed by atoms with E-state index in [2.05, 4.69) is 22.4 Å². The molecule has 1 N–H and O–H groups in total. The molecule has 192 valence electrons. The number of hydrogen-bond acceptors (Lipinski definition) is 5. The lowest BCUT2D eigenvalue weighted by molar-refractivity contribution is -0.141. The van der Waals surface area contributed by atoms with E-state index in [1.807, 2.05) is 50.4 Å². The van der Waals surface area contributed by atoms with Gasteiger partial charge in [-0.2, -0.15) is 0 Å². The van der Waals surface area contributed by atoms with Gasteiger partial charge in [-0.3, -0.25) is 4.79 Å². The number of aryl methyl sites for hydroxylation is 3. The third-order valence-electron chi connectivity index (χ3n) is 7.68. The number of hydrogen-bond donors (Lipinski definition) is 1. The monoisotopic (exact) mass is 499 g/mol. The molecule has 7 nitrogen and oxygen atoms in total. The molecule has 5 rings (SSSR count). The van der Waals surface area contributed by atoms with Gasteiger partial charge in [0.2, 0.25) is 0 Å².